The molecular weight excluding hydrogens is 338 g/mol. The highest BCUT2D eigenvalue weighted by Gasteiger charge is 2.52. The molecule has 0 aromatic heterocycles. The molecule has 1 spiro atoms. The molecule has 4 amide bonds. The maximum atomic E-state index is 12.4. The Morgan fingerprint density at radius 1 is 1.15 bits per heavy atom. The van der Waals surface area contributed by atoms with E-state index in [2.05, 4.69) is 10.6 Å². The normalized spacial score (nSPS) is 18.1. The highest BCUT2D eigenvalue weighted by molar-refractivity contribution is 6.08. The van der Waals surface area contributed by atoms with Crippen molar-refractivity contribution in [3.8, 4) is 0 Å². The lowest BCUT2D eigenvalue weighted by Crippen LogP contribution is -2.44. The number of nitrogens with zero attached hydrogens (tertiary/aromatic N) is 1. The zero-order valence-corrected chi connectivity index (χ0v) is 14.3. The van der Waals surface area contributed by atoms with Gasteiger partial charge in [-0.1, -0.05) is 43.2 Å². The van der Waals surface area contributed by atoms with Crippen LogP contribution in [0, 0.1) is 0 Å². The molecule has 1 saturated heterocycles. The molecule has 8 nitrogen and oxygen atoms in total. The van der Waals surface area contributed by atoms with E-state index in [9.17, 15) is 19.2 Å². The number of amides is 4. The summed E-state index contributed by atoms with van der Waals surface area (Å²) < 4.78 is 4.88. The standard InChI is InChI=1S/C18H21N3O5/c22-14(19-10-13-6-2-1-3-7-13)12-26-15(23)11-21-16(24)18(20-17(21)25)8-4-5-9-18/h1-3,6-7H,4-5,8-12H2,(H,19,22)(H,20,25). The molecule has 1 saturated carbocycles. The molecule has 1 aliphatic heterocycles. The number of hydrogen-bond donors (Lipinski definition) is 2. The van der Waals surface area contributed by atoms with Crippen LogP contribution in [0.5, 0.6) is 0 Å². The average molecular weight is 359 g/mol. The number of rotatable bonds is 6. The van der Waals surface area contributed by atoms with Gasteiger partial charge >= 0.3 is 12.0 Å². The van der Waals surface area contributed by atoms with Gasteiger partial charge in [0.05, 0.1) is 0 Å². The van der Waals surface area contributed by atoms with Crippen LogP contribution in [0.3, 0.4) is 0 Å². The Hall–Kier alpha value is -2.90. The van der Waals surface area contributed by atoms with Crippen molar-refractivity contribution in [2.24, 2.45) is 0 Å². The molecule has 3 rings (SSSR count). The van der Waals surface area contributed by atoms with Crippen LogP contribution in [0.4, 0.5) is 4.79 Å². The lowest BCUT2D eigenvalue weighted by molar-refractivity contribution is -0.151. The monoisotopic (exact) mass is 359 g/mol. The summed E-state index contributed by atoms with van der Waals surface area (Å²) in [6.45, 7) is -0.619. The molecule has 138 valence electrons. The predicted octanol–water partition coefficient (Wildman–Crippen LogP) is 0.711. The van der Waals surface area contributed by atoms with Crippen molar-refractivity contribution in [2.45, 2.75) is 37.8 Å². The minimum Gasteiger partial charge on any atom is -0.454 e. The average Bonchev–Trinajstić information content (AvgIpc) is 3.20. The van der Waals surface area contributed by atoms with Gasteiger partial charge in [0.1, 0.15) is 12.1 Å². The molecule has 1 aromatic rings. The summed E-state index contributed by atoms with van der Waals surface area (Å²) in [5, 5.41) is 5.32. The molecular formula is C18H21N3O5. The Morgan fingerprint density at radius 2 is 1.85 bits per heavy atom. The highest BCUT2D eigenvalue weighted by Crippen LogP contribution is 2.34. The van der Waals surface area contributed by atoms with E-state index < -0.39 is 36.6 Å². The zero-order chi connectivity index (χ0) is 18.6. The smallest absolute Gasteiger partial charge is 0.326 e. The second kappa shape index (κ2) is 7.55. The number of ether oxygens (including phenoxy) is 1. The van der Waals surface area contributed by atoms with Gasteiger partial charge in [0, 0.05) is 6.54 Å². The number of carbonyl (C=O) groups excluding carboxylic acids is 4. The van der Waals surface area contributed by atoms with Gasteiger partial charge in [-0.05, 0) is 18.4 Å². The molecule has 0 radical (unpaired) electrons. The first-order valence-electron chi connectivity index (χ1n) is 8.60. The number of esters is 1. The number of urea groups is 1. The molecule has 26 heavy (non-hydrogen) atoms. The summed E-state index contributed by atoms with van der Waals surface area (Å²) in [7, 11) is 0. The third-order valence-corrected chi connectivity index (χ3v) is 4.69. The second-order valence-corrected chi connectivity index (χ2v) is 6.53. The van der Waals surface area contributed by atoms with E-state index in [4.69, 9.17) is 4.74 Å². The molecule has 1 heterocycles. The molecule has 0 bridgehead atoms. The maximum Gasteiger partial charge on any atom is 0.326 e. The second-order valence-electron chi connectivity index (χ2n) is 6.53. The molecule has 0 atom stereocenters. The molecule has 2 fully saturated rings. The van der Waals surface area contributed by atoms with E-state index >= 15 is 0 Å². The summed E-state index contributed by atoms with van der Waals surface area (Å²) in [6.07, 6.45) is 2.91. The largest absolute Gasteiger partial charge is 0.454 e. The quantitative estimate of drug-likeness (QED) is 0.575. The van der Waals surface area contributed by atoms with Crippen LogP contribution < -0.4 is 10.6 Å². The van der Waals surface area contributed by atoms with E-state index in [1.165, 1.54) is 0 Å². The Kier molecular flexibility index (Phi) is 5.20. The molecule has 2 aliphatic rings. The van der Waals surface area contributed by atoms with Crippen molar-refractivity contribution in [1.29, 1.82) is 0 Å². The number of carbonyl (C=O) groups is 4. The third-order valence-electron chi connectivity index (χ3n) is 4.69. The van der Waals surface area contributed by atoms with Crippen molar-refractivity contribution in [3.05, 3.63) is 35.9 Å². The van der Waals surface area contributed by atoms with Gasteiger partial charge in [-0.3, -0.25) is 19.3 Å². The first-order chi connectivity index (χ1) is 12.5. The van der Waals surface area contributed by atoms with Crippen LogP contribution >= 0.6 is 0 Å². The van der Waals surface area contributed by atoms with Crippen LogP contribution in [0.25, 0.3) is 0 Å². The van der Waals surface area contributed by atoms with Crippen molar-refractivity contribution in [2.75, 3.05) is 13.2 Å². The number of benzene rings is 1. The zero-order valence-electron chi connectivity index (χ0n) is 14.3. The van der Waals surface area contributed by atoms with Gasteiger partial charge in [-0.2, -0.15) is 0 Å². The summed E-state index contributed by atoms with van der Waals surface area (Å²) in [5.41, 5.74) is 0.0677. The van der Waals surface area contributed by atoms with Gasteiger partial charge in [-0.25, -0.2) is 4.79 Å². The SMILES string of the molecule is O=C(COC(=O)CN1C(=O)NC2(CCCC2)C1=O)NCc1ccccc1. The number of imide groups is 1. The summed E-state index contributed by atoms with van der Waals surface area (Å²) in [4.78, 5) is 48.9. The first kappa shape index (κ1) is 17.9. The predicted molar refractivity (Wildman–Crippen MR) is 90.7 cm³/mol. The highest BCUT2D eigenvalue weighted by atomic mass is 16.5. The van der Waals surface area contributed by atoms with Crippen LogP contribution in [0.1, 0.15) is 31.2 Å². The summed E-state index contributed by atoms with van der Waals surface area (Å²) in [6, 6.07) is 8.74. The van der Waals surface area contributed by atoms with Gasteiger partial charge in [-0.15, -0.1) is 0 Å². The van der Waals surface area contributed by atoms with Gasteiger partial charge in [0.25, 0.3) is 11.8 Å². The third kappa shape index (κ3) is 3.84. The Bertz CT molecular complexity index is 713. The topological polar surface area (TPSA) is 105 Å². The Balaban J connectivity index is 1.43. The molecule has 2 N–H and O–H groups in total. The van der Waals surface area contributed by atoms with E-state index in [1.54, 1.807) is 0 Å². The van der Waals surface area contributed by atoms with Crippen LogP contribution in [0.2, 0.25) is 0 Å². The van der Waals surface area contributed by atoms with Gasteiger partial charge < -0.3 is 15.4 Å². The van der Waals surface area contributed by atoms with E-state index in [-0.39, 0.29) is 5.91 Å². The minimum atomic E-state index is -0.857. The fraction of sp³-hybridized carbons (Fsp3) is 0.444. The lowest BCUT2D eigenvalue weighted by atomic mass is 9.98. The number of nitrogens with one attached hydrogen (secondary N) is 2. The van der Waals surface area contributed by atoms with Crippen LogP contribution in [-0.4, -0.2) is 47.4 Å². The number of hydrogen-bond acceptors (Lipinski definition) is 5. The van der Waals surface area contributed by atoms with Gasteiger partial charge in [0.2, 0.25) is 0 Å². The van der Waals surface area contributed by atoms with Gasteiger partial charge in [0.15, 0.2) is 6.61 Å². The van der Waals surface area contributed by atoms with E-state index in [0.717, 1.165) is 23.3 Å². The first-order valence-corrected chi connectivity index (χ1v) is 8.60. The Morgan fingerprint density at radius 3 is 2.54 bits per heavy atom. The Labute approximate surface area is 150 Å². The van der Waals surface area contributed by atoms with Crippen LogP contribution in [0.15, 0.2) is 30.3 Å². The molecule has 0 unspecified atom stereocenters. The maximum absolute atomic E-state index is 12.4. The fourth-order valence-electron chi connectivity index (χ4n) is 3.31. The molecule has 1 aromatic carbocycles. The van der Waals surface area contributed by atoms with E-state index in [1.807, 2.05) is 30.3 Å². The van der Waals surface area contributed by atoms with Crippen molar-refractivity contribution in [3.63, 3.8) is 0 Å². The van der Waals surface area contributed by atoms with Crippen molar-refractivity contribution in [1.82, 2.24) is 15.5 Å². The summed E-state index contributed by atoms with van der Waals surface area (Å²) >= 11 is 0. The van der Waals surface area contributed by atoms with Crippen molar-refractivity contribution >= 4 is 23.8 Å². The van der Waals surface area contributed by atoms with Crippen molar-refractivity contribution < 1.29 is 23.9 Å². The van der Waals surface area contributed by atoms with Crippen LogP contribution in [-0.2, 0) is 25.7 Å². The fourth-order valence-corrected chi connectivity index (χ4v) is 3.31. The summed E-state index contributed by atoms with van der Waals surface area (Å²) in [5.74, 6) is -1.63. The lowest BCUT2D eigenvalue weighted by Gasteiger charge is -2.19. The molecule has 8 heteroatoms. The molecule has 1 aliphatic carbocycles. The van der Waals surface area contributed by atoms with E-state index in [0.29, 0.717) is 19.4 Å². The minimum absolute atomic E-state index is 0.326.